The van der Waals surface area contributed by atoms with E-state index >= 15 is 0 Å². The first kappa shape index (κ1) is 32.9. The zero-order chi connectivity index (χ0) is 30.9. The van der Waals surface area contributed by atoms with E-state index in [4.69, 9.17) is 9.47 Å². The standard InChI is InChI=1S/C31H38BrN3O6S/c1-6-29(31(37)33-22(3)4)34(20-23-8-14-26(40-5)15-9-23)30(36)21-35(25-12-16-27(17-13-25)41-7-2)42(38,39)28-18-10-24(32)11-19-28/h8-19,22,29H,6-7,20-21H2,1-5H3,(H,33,37)/t29-/m1/s1. The van der Waals surface area contributed by atoms with Crippen molar-refractivity contribution in [2.75, 3.05) is 24.6 Å². The number of nitrogens with zero attached hydrogens (tertiary/aromatic N) is 2. The van der Waals surface area contributed by atoms with Crippen LogP contribution >= 0.6 is 15.9 Å². The molecule has 0 heterocycles. The average Bonchev–Trinajstić information content (AvgIpc) is 2.96. The Balaban J connectivity index is 2.06. The number of hydrogen-bond donors (Lipinski definition) is 1. The van der Waals surface area contributed by atoms with Crippen molar-refractivity contribution in [2.45, 2.75) is 57.6 Å². The van der Waals surface area contributed by atoms with Crippen molar-refractivity contribution >= 4 is 43.5 Å². The quantitative estimate of drug-likeness (QED) is 0.249. The van der Waals surface area contributed by atoms with Crippen LogP contribution in [0.1, 0.15) is 39.7 Å². The zero-order valence-corrected chi connectivity index (χ0v) is 26.9. The lowest BCUT2D eigenvalue weighted by atomic mass is 10.1. The minimum atomic E-state index is -4.17. The molecule has 0 aliphatic heterocycles. The zero-order valence-electron chi connectivity index (χ0n) is 24.5. The van der Waals surface area contributed by atoms with Crippen molar-refractivity contribution in [2.24, 2.45) is 0 Å². The monoisotopic (exact) mass is 659 g/mol. The molecule has 11 heteroatoms. The van der Waals surface area contributed by atoms with Gasteiger partial charge in [0.05, 0.1) is 24.3 Å². The predicted octanol–water partition coefficient (Wildman–Crippen LogP) is 5.38. The van der Waals surface area contributed by atoms with Crippen molar-refractivity contribution in [3.05, 3.63) is 82.8 Å². The van der Waals surface area contributed by atoms with E-state index in [0.29, 0.717) is 30.2 Å². The Hall–Kier alpha value is -3.57. The number of carbonyl (C=O) groups is 2. The van der Waals surface area contributed by atoms with Crippen LogP contribution in [0.5, 0.6) is 11.5 Å². The highest BCUT2D eigenvalue weighted by Gasteiger charge is 2.34. The lowest BCUT2D eigenvalue weighted by molar-refractivity contribution is -0.140. The molecule has 0 saturated carbocycles. The Labute approximate surface area is 257 Å². The molecule has 0 radical (unpaired) electrons. The maximum Gasteiger partial charge on any atom is 0.264 e. The molecule has 0 bridgehead atoms. The number of carbonyl (C=O) groups excluding carboxylic acids is 2. The molecule has 0 aromatic heterocycles. The molecule has 2 amide bonds. The van der Waals surface area contributed by atoms with Crippen LogP contribution < -0.4 is 19.1 Å². The number of nitrogens with one attached hydrogen (secondary N) is 1. The van der Waals surface area contributed by atoms with E-state index in [0.717, 1.165) is 14.3 Å². The van der Waals surface area contributed by atoms with Gasteiger partial charge in [0.25, 0.3) is 10.0 Å². The van der Waals surface area contributed by atoms with Crippen LogP contribution in [0.25, 0.3) is 0 Å². The smallest absolute Gasteiger partial charge is 0.264 e. The summed E-state index contributed by atoms with van der Waals surface area (Å²) in [7, 11) is -2.61. The molecule has 0 spiro atoms. The van der Waals surface area contributed by atoms with Gasteiger partial charge in [-0.25, -0.2) is 8.42 Å². The van der Waals surface area contributed by atoms with Crippen LogP contribution in [0, 0.1) is 0 Å². The second-order valence-corrected chi connectivity index (χ2v) is 12.6. The van der Waals surface area contributed by atoms with Gasteiger partial charge in [-0.05, 0) is 93.4 Å². The lowest BCUT2D eigenvalue weighted by Crippen LogP contribution is -2.53. The maximum absolute atomic E-state index is 14.1. The van der Waals surface area contributed by atoms with Crippen LogP contribution in [0.2, 0.25) is 0 Å². The van der Waals surface area contributed by atoms with Gasteiger partial charge >= 0.3 is 0 Å². The Morgan fingerprint density at radius 1 is 0.905 bits per heavy atom. The van der Waals surface area contributed by atoms with E-state index in [2.05, 4.69) is 21.2 Å². The summed E-state index contributed by atoms with van der Waals surface area (Å²) in [5.74, 6) is 0.401. The lowest BCUT2D eigenvalue weighted by Gasteiger charge is -2.33. The molecule has 0 aliphatic rings. The molecule has 0 aliphatic carbocycles. The Kier molecular flexibility index (Phi) is 11.8. The first-order valence-corrected chi connectivity index (χ1v) is 16.0. The number of rotatable bonds is 14. The number of benzene rings is 3. The van der Waals surface area contributed by atoms with Gasteiger partial charge in [-0.3, -0.25) is 13.9 Å². The number of anilines is 1. The van der Waals surface area contributed by atoms with Gasteiger partial charge in [0.15, 0.2) is 0 Å². The molecular formula is C31H38BrN3O6S. The Morgan fingerprint density at radius 3 is 2.02 bits per heavy atom. The topological polar surface area (TPSA) is 105 Å². The van der Waals surface area contributed by atoms with Gasteiger partial charge in [-0.1, -0.05) is 35.0 Å². The van der Waals surface area contributed by atoms with E-state index in [1.54, 1.807) is 55.6 Å². The SMILES string of the molecule is CCOc1ccc(N(CC(=O)N(Cc2ccc(OC)cc2)[C@H](CC)C(=O)NC(C)C)S(=O)(=O)c2ccc(Br)cc2)cc1. The summed E-state index contributed by atoms with van der Waals surface area (Å²) in [6, 6.07) is 19.0. The van der Waals surface area contributed by atoms with Gasteiger partial charge in [0.2, 0.25) is 11.8 Å². The van der Waals surface area contributed by atoms with E-state index in [-0.39, 0.29) is 23.4 Å². The molecule has 3 aromatic carbocycles. The predicted molar refractivity (Wildman–Crippen MR) is 167 cm³/mol. The van der Waals surface area contributed by atoms with E-state index in [9.17, 15) is 18.0 Å². The second kappa shape index (κ2) is 15.1. The normalized spacial score (nSPS) is 12.0. The molecule has 0 saturated heterocycles. The molecule has 0 unspecified atom stereocenters. The van der Waals surface area contributed by atoms with Gasteiger partial charge in [0.1, 0.15) is 24.1 Å². The third-order valence-electron chi connectivity index (χ3n) is 6.45. The fourth-order valence-electron chi connectivity index (χ4n) is 4.37. The fourth-order valence-corrected chi connectivity index (χ4v) is 6.04. The van der Waals surface area contributed by atoms with Crippen molar-refractivity contribution in [3.8, 4) is 11.5 Å². The third kappa shape index (κ3) is 8.48. The van der Waals surface area contributed by atoms with Crippen molar-refractivity contribution in [1.29, 1.82) is 0 Å². The van der Waals surface area contributed by atoms with Crippen molar-refractivity contribution in [1.82, 2.24) is 10.2 Å². The minimum Gasteiger partial charge on any atom is -0.497 e. The minimum absolute atomic E-state index is 0.0266. The summed E-state index contributed by atoms with van der Waals surface area (Å²) in [4.78, 5) is 28.8. The fraction of sp³-hybridized carbons (Fsp3) is 0.355. The highest BCUT2D eigenvalue weighted by atomic mass is 79.9. The largest absolute Gasteiger partial charge is 0.497 e. The first-order chi connectivity index (χ1) is 20.0. The van der Waals surface area contributed by atoms with Crippen LogP contribution in [-0.2, 0) is 26.2 Å². The van der Waals surface area contributed by atoms with E-state index in [1.807, 2.05) is 39.8 Å². The molecular weight excluding hydrogens is 622 g/mol. The van der Waals surface area contributed by atoms with Crippen LogP contribution in [0.4, 0.5) is 5.69 Å². The second-order valence-electron chi connectivity index (χ2n) is 9.85. The Bertz CT molecular complexity index is 1430. The number of hydrogen-bond acceptors (Lipinski definition) is 6. The molecule has 9 nitrogen and oxygen atoms in total. The molecule has 1 atom stereocenters. The average molecular weight is 661 g/mol. The number of sulfonamides is 1. The van der Waals surface area contributed by atoms with Crippen LogP contribution in [0.15, 0.2) is 82.2 Å². The number of halogens is 1. The molecule has 3 rings (SSSR count). The molecule has 226 valence electrons. The van der Waals surface area contributed by atoms with Crippen molar-refractivity contribution < 1.29 is 27.5 Å². The number of methoxy groups -OCH3 is 1. The van der Waals surface area contributed by atoms with Gasteiger partial charge in [0, 0.05) is 17.1 Å². The summed E-state index contributed by atoms with van der Waals surface area (Å²) >= 11 is 3.34. The molecule has 1 N–H and O–H groups in total. The van der Waals surface area contributed by atoms with Gasteiger partial charge in [-0.2, -0.15) is 0 Å². The van der Waals surface area contributed by atoms with Gasteiger partial charge < -0.3 is 19.7 Å². The first-order valence-electron chi connectivity index (χ1n) is 13.7. The summed E-state index contributed by atoms with van der Waals surface area (Å²) < 4.78 is 40.5. The summed E-state index contributed by atoms with van der Waals surface area (Å²) in [5.41, 5.74) is 1.06. The number of ether oxygens (including phenoxy) is 2. The summed E-state index contributed by atoms with van der Waals surface area (Å²) in [5, 5.41) is 2.89. The van der Waals surface area contributed by atoms with Gasteiger partial charge in [-0.15, -0.1) is 0 Å². The highest BCUT2D eigenvalue weighted by Crippen LogP contribution is 2.28. The summed E-state index contributed by atoms with van der Waals surface area (Å²) in [6.45, 7) is 7.40. The van der Waals surface area contributed by atoms with Crippen molar-refractivity contribution in [3.63, 3.8) is 0 Å². The van der Waals surface area contributed by atoms with E-state index < -0.39 is 28.5 Å². The van der Waals surface area contributed by atoms with E-state index in [1.165, 1.54) is 17.0 Å². The molecule has 3 aromatic rings. The highest BCUT2D eigenvalue weighted by molar-refractivity contribution is 9.10. The third-order valence-corrected chi connectivity index (χ3v) is 8.76. The van der Waals surface area contributed by atoms with Crippen LogP contribution in [0.3, 0.4) is 0 Å². The molecule has 0 fully saturated rings. The maximum atomic E-state index is 14.1. The Morgan fingerprint density at radius 2 is 1.50 bits per heavy atom. The molecule has 42 heavy (non-hydrogen) atoms. The van der Waals surface area contributed by atoms with Crippen LogP contribution in [-0.4, -0.2) is 57.5 Å². The summed E-state index contributed by atoms with van der Waals surface area (Å²) in [6.07, 6.45) is 0.336. The number of amides is 2.